The van der Waals surface area contributed by atoms with Crippen LogP contribution < -0.4 is 9.64 Å². The summed E-state index contributed by atoms with van der Waals surface area (Å²) in [5.74, 6) is 0.670. The summed E-state index contributed by atoms with van der Waals surface area (Å²) >= 11 is 0. The van der Waals surface area contributed by atoms with Crippen LogP contribution in [0.25, 0.3) is 0 Å². The zero-order chi connectivity index (χ0) is 19.1. The van der Waals surface area contributed by atoms with Crippen molar-refractivity contribution < 1.29 is 17.9 Å². The number of hydrogen-bond acceptors (Lipinski definition) is 4. The Bertz CT molecular complexity index is 919. The molecular formula is C19H22N2O4S. The molecule has 2 amide bonds. The Labute approximate surface area is 154 Å². The Hall–Kier alpha value is -2.54. The number of anilines is 1. The summed E-state index contributed by atoms with van der Waals surface area (Å²) in [5, 5.41) is 0. The van der Waals surface area contributed by atoms with Gasteiger partial charge in [0.05, 0.1) is 24.1 Å². The number of methoxy groups -OCH3 is 1. The molecule has 1 heterocycles. The van der Waals surface area contributed by atoms with Crippen LogP contribution in [0.5, 0.6) is 5.75 Å². The number of ether oxygens (including phenoxy) is 1. The minimum Gasteiger partial charge on any atom is -0.497 e. The first-order valence-corrected chi connectivity index (χ1v) is 9.68. The van der Waals surface area contributed by atoms with Gasteiger partial charge in [-0.1, -0.05) is 17.7 Å². The minimum absolute atomic E-state index is 0.112. The molecule has 0 saturated carbocycles. The number of rotatable bonds is 4. The van der Waals surface area contributed by atoms with E-state index < -0.39 is 21.6 Å². The zero-order valence-corrected chi connectivity index (χ0v) is 16.1. The fourth-order valence-electron chi connectivity index (χ4n) is 3.10. The summed E-state index contributed by atoms with van der Waals surface area (Å²) in [5.41, 5.74) is 0.710. The van der Waals surface area contributed by atoms with Crippen molar-refractivity contribution in [2.75, 3.05) is 18.6 Å². The number of carbonyl (C=O) groups is 1. The molecule has 1 fully saturated rings. The predicted molar refractivity (Wildman–Crippen MR) is 100 cm³/mol. The number of aryl methyl sites for hydroxylation is 1. The molecule has 3 rings (SSSR count). The third-order valence-corrected chi connectivity index (χ3v) is 6.44. The van der Waals surface area contributed by atoms with Gasteiger partial charge < -0.3 is 4.74 Å². The van der Waals surface area contributed by atoms with Gasteiger partial charge >= 0.3 is 6.03 Å². The van der Waals surface area contributed by atoms with Crippen LogP contribution in [-0.2, 0) is 10.0 Å². The average Bonchev–Trinajstić information content (AvgIpc) is 2.85. The van der Waals surface area contributed by atoms with Crippen molar-refractivity contribution in [2.45, 2.75) is 31.2 Å². The Kier molecular flexibility index (Phi) is 4.44. The number of carbonyl (C=O) groups excluding carboxylic acids is 1. The smallest absolute Gasteiger partial charge is 0.339 e. The highest BCUT2D eigenvalue weighted by atomic mass is 32.2. The lowest BCUT2D eigenvalue weighted by Crippen LogP contribution is -2.46. The third-order valence-electron chi connectivity index (χ3n) is 4.44. The predicted octanol–water partition coefficient (Wildman–Crippen LogP) is 3.41. The molecule has 0 unspecified atom stereocenters. The molecule has 6 nitrogen and oxygen atoms in total. The first-order valence-electron chi connectivity index (χ1n) is 8.24. The molecule has 1 aliphatic heterocycles. The maximum atomic E-state index is 13.1. The van der Waals surface area contributed by atoms with Crippen molar-refractivity contribution in [1.29, 1.82) is 0 Å². The highest BCUT2D eigenvalue weighted by Gasteiger charge is 2.50. The van der Waals surface area contributed by atoms with Crippen LogP contribution in [0, 0.1) is 6.92 Å². The summed E-state index contributed by atoms with van der Waals surface area (Å²) < 4.78 is 32.3. The highest BCUT2D eigenvalue weighted by Crippen LogP contribution is 2.35. The van der Waals surface area contributed by atoms with Gasteiger partial charge in [-0.05, 0) is 57.2 Å². The Morgan fingerprint density at radius 1 is 1.00 bits per heavy atom. The van der Waals surface area contributed by atoms with Crippen molar-refractivity contribution in [3.8, 4) is 5.75 Å². The van der Waals surface area contributed by atoms with Crippen molar-refractivity contribution in [3.05, 3.63) is 54.1 Å². The van der Waals surface area contributed by atoms with Crippen LogP contribution in [0.2, 0.25) is 0 Å². The maximum absolute atomic E-state index is 13.1. The topological polar surface area (TPSA) is 66.9 Å². The van der Waals surface area contributed by atoms with Crippen LogP contribution in [0.15, 0.2) is 53.4 Å². The quantitative estimate of drug-likeness (QED) is 0.822. The second kappa shape index (κ2) is 6.32. The number of benzene rings is 2. The van der Waals surface area contributed by atoms with E-state index in [1.807, 2.05) is 6.92 Å². The molecule has 0 bridgehead atoms. The Morgan fingerprint density at radius 2 is 1.58 bits per heavy atom. The molecule has 26 heavy (non-hydrogen) atoms. The van der Waals surface area contributed by atoms with Gasteiger partial charge in [0, 0.05) is 5.69 Å². The third kappa shape index (κ3) is 3.03. The lowest BCUT2D eigenvalue weighted by molar-refractivity contribution is 0.223. The van der Waals surface area contributed by atoms with Crippen LogP contribution in [-0.4, -0.2) is 37.9 Å². The molecule has 1 aliphatic rings. The molecule has 0 spiro atoms. The number of sulfonamides is 1. The molecule has 0 atom stereocenters. The second-order valence-corrected chi connectivity index (χ2v) is 8.75. The molecule has 2 aromatic rings. The van der Waals surface area contributed by atoms with Gasteiger partial charge in [-0.3, -0.25) is 4.90 Å². The van der Waals surface area contributed by atoms with Crippen LogP contribution in [0.4, 0.5) is 10.5 Å². The van der Waals surface area contributed by atoms with Crippen molar-refractivity contribution >= 4 is 21.7 Å². The van der Waals surface area contributed by atoms with Gasteiger partial charge in [-0.25, -0.2) is 17.5 Å². The van der Waals surface area contributed by atoms with Crippen LogP contribution in [0.3, 0.4) is 0 Å². The van der Waals surface area contributed by atoms with E-state index in [1.54, 1.807) is 57.4 Å². The Balaban J connectivity index is 1.99. The normalized spacial score (nSPS) is 16.8. The molecule has 0 N–H and O–H groups in total. The van der Waals surface area contributed by atoms with E-state index in [0.29, 0.717) is 11.4 Å². The maximum Gasteiger partial charge on any atom is 0.339 e. The standard InChI is InChI=1S/C19H22N2O4S/c1-14-5-11-17(12-6-14)26(23,24)21-18(22)20(13-19(21,2)3)15-7-9-16(25-4)10-8-15/h5-12H,13H2,1-4H3. The second-order valence-electron chi connectivity index (χ2n) is 6.96. The van der Waals surface area contributed by atoms with E-state index in [4.69, 9.17) is 4.74 Å². The largest absolute Gasteiger partial charge is 0.497 e. The van der Waals surface area contributed by atoms with E-state index in [2.05, 4.69) is 0 Å². The molecule has 2 aromatic carbocycles. The molecule has 0 aromatic heterocycles. The molecule has 7 heteroatoms. The number of hydrogen-bond donors (Lipinski definition) is 0. The number of amides is 2. The van der Waals surface area contributed by atoms with Crippen LogP contribution in [0.1, 0.15) is 19.4 Å². The van der Waals surface area contributed by atoms with E-state index in [-0.39, 0.29) is 11.4 Å². The summed E-state index contributed by atoms with van der Waals surface area (Å²) in [7, 11) is -2.38. The van der Waals surface area contributed by atoms with Gasteiger partial charge in [0.15, 0.2) is 0 Å². The average molecular weight is 374 g/mol. The number of nitrogens with zero attached hydrogens (tertiary/aromatic N) is 2. The molecule has 138 valence electrons. The van der Waals surface area contributed by atoms with Gasteiger partial charge in [-0.15, -0.1) is 0 Å². The highest BCUT2D eigenvalue weighted by molar-refractivity contribution is 7.89. The van der Waals surface area contributed by atoms with Gasteiger partial charge in [0.25, 0.3) is 10.0 Å². The van der Waals surface area contributed by atoms with E-state index in [0.717, 1.165) is 9.87 Å². The first-order chi connectivity index (χ1) is 12.2. The van der Waals surface area contributed by atoms with Gasteiger partial charge in [0.2, 0.25) is 0 Å². The Morgan fingerprint density at radius 3 is 2.12 bits per heavy atom. The zero-order valence-electron chi connectivity index (χ0n) is 15.3. The van der Waals surface area contributed by atoms with Crippen molar-refractivity contribution in [2.24, 2.45) is 0 Å². The molecule has 0 radical (unpaired) electrons. The fourth-order valence-corrected chi connectivity index (χ4v) is 4.80. The van der Waals surface area contributed by atoms with E-state index in [1.165, 1.54) is 17.0 Å². The fraction of sp³-hybridized carbons (Fsp3) is 0.316. The molecule has 1 saturated heterocycles. The number of urea groups is 1. The van der Waals surface area contributed by atoms with Crippen molar-refractivity contribution in [3.63, 3.8) is 0 Å². The molecule has 0 aliphatic carbocycles. The summed E-state index contributed by atoms with van der Waals surface area (Å²) in [6.07, 6.45) is 0. The van der Waals surface area contributed by atoms with E-state index >= 15 is 0 Å². The first kappa shape index (κ1) is 18.3. The summed E-state index contributed by atoms with van der Waals surface area (Å²) in [4.78, 5) is 14.6. The van der Waals surface area contributed by atoms with Gasteiger partial charge in [0.1, 0.15) is 5.75 Å². The summed E-state index contributed by atoms with van der Waals surface area (Å²) in [6, 6.07) is 12.9. The molecular weight excluding hydrogens is 352 g/mol. The van der Waals surface area contributed by atoms with Crippen molar-refractivity contribution in [1.82, 2.24) is 4.31 Å². The summed E-state index contributed by atoms with van der Waals surface area (Å²) in [6.45, 7) is 5.65. The lowest BCUT2D eigenvalue weighted by Gasteiger charge is -2.28. The monoisotopic (exact) mass is 374 g/mol. The SMILES string of the molecule is COc1ccc(N2CC(C)(C)N(S(=O)(=O)c3ccc(C)cc3)C2=O)cc1. The van der Waals surface area contributed by atoms with Crippen LogP contribution >= 0.6 is 0 Å². The van der Waals surface area contributed by atoms with Gasteiger partial charge in [-0.2, -0.15) is 0 Å². The lowest BCUT2D eigenvalue weighted by atomic mass is 10.1. The van der Waals surface area contributed by atoms with E-state index in [9.17, 15) is 13.2 Å². The minimum atomic E-state index is -3.95.